The Labute approximate surface area is 116 Å². The lowest BCUT2D eigenvalue weighted by atomic mass is 9.77. The van der Waals surface area contributed by atoms with E-state index in [1.807, 2.05) is 6.92 Å². The summed E-state index contributed by atoms with van der Waals surface area (Å²) in [4.78, 5) is 7.43. The zero-order valence-electron chi connectivity index (χ0n) is 12.2. The van der Waals surface area contributed by atoms with E-state index in [0.29, 0.717) is 0 Å². The molecule has 1 aromatic heterocycles. The van der Waals surface area contributed by atoms with Crippen LogP contribution in [0.1, 0.15) is 43.1 Å². The number of pyridine rings is 1. The number of nitrogens with two attached hydrogens (primary N) is 1. The predicted molar refractivity (Wildman–Crippen MR) is 79.2 cm³/mol. The number of hydrogen-bond acceptors (Lipinski definition) is 3. The average molecular weight is 259 g/mol. The second-order valence-corrected chi connectivity index (χ2v) is 6.18. The van der Waals surface area contributed by atoms with Gasteiger partial charge in [0.2, 0.25) is 0 Å². The number of rotatable bonds is 2. The van der Waals surface area contributed by atoms with E-state index in [2.05, 4.69) is 17.9 Å². The molecule has 104 valence electrons. The van der Waals surface area contributed by atoms with Crippen LogP contribution in [0.5, 0.6) is 0 Å². The van der Waals surface area contributed by atoms with Gasteiger partial charge in [0, 0.05) is 11.7 Å². The van der Waals surface area contributed by atoms with E-state index in [9.17, 15) is 0 Å². The fourth-order valence-corrected chi connectivity index (χ4v) is 3.85. The van der Waals surface area contributed by atoms with Gasteiger partial charge in [0.25, 0.3) is 0 Å². The van der Waals surface area contributed by atoms with Gasteiger partial charge in [-0.05, 0) is 69.7 Å². The first-order valence-corrected chi connectivity index (χ1v) is 7.68. The fourth-order valence-electron chi connectivity index (χ4n) is 3.85. The molecule has 0 spiro atoms. The fraction of sp³-hybridized carbons (Fsp3) is 0.688. The van der Waals surface area contributed by atoms with Crippen LogP contribution in [0.25, 0.3) is 0 Å². The van der Waals surface area contributed by atoms with Crippen molar-refractivity contribution in [1.29, 1.82) is 0 Å². The Bertz CT molecular complexity index is 467. The molecule has 1 saturated heterocycles. The molecule has 3 rings (SSSR count). The third-order valence-electron chi connectivity index (χ3n) is 4.85. The Morgan fingerprint density at radius 1 is 1.42 bits per heavy atom. The van der Waals surface area contributed by atoms with Crippen LogP contribution in [0.4, 0.5) is 5.69 Å². The SMILES string of the molecule is CCCN1CCC[C@H]2Cc3nc(C)c(N)cc3C[C@@H]21. The Hall–Kier alpha value is -1.09. The molecule has 0 radical (unpaired) electrons. The zero-order valence-corrected chi connectivity index (χ0v) is 12.2. The lowest BCUT2D eigenvalue weighted by molar-refractivity contribution is 0.0846. The maximum Gasteiger partial charge on any atom is 0.0605 e. The number of anilines is 1. The quantitative estimate of drug-likeness (QED) is 0.887. The molecular formula is C16H25N3. The van der Waals surface area contributed by atoms with Gasteiger partial charge in [0.1, 0.15) is 0 Å². The van der Waals surface area contributed by atoms with Crippen molar-refractivity contribution in [2.75, 3.05) is 18.8 Å². The number of aromatic nitrogens is 1. The number of nitrogens with zero attached hydrogens (tertiary/aromatic N) is 2. The highest BCUT2D eigenvalue weighted by molar-refractivity contribution is 5.47. The first-order valence-electron chi connectivity index (χ1n) is 7.68. The number of nitrogen functional groups attached to an aromatic ring is 1. The highest BCUT2D eigenvalue weighted by Gasteiger charge is 2.35. The standard InChI is InChI=1S/C16H25N3/c1-3-6-19-7-4-5-12-9-15-13(10-16(12)19)8-14(17)11(2)18-15/h8,12,16H,3-7,9-10,17H2,1-2H3/t12-,16-/m0/s1. The van der Waals surface area contributed by atoms with Crippen molar-refractivity contribution in [3.05, 3.63) is 23.0 Å². The number of fused-ring (bicyclic) bond motifs is 2. The molecule has 19 heavy (non-hydrogen) atoms. The summed E-state index contributed by atoms with van der Waals surface area (Å²) in [5.41, 5.74) is 10.6. The summed E-state index contributed by atoms with van der Waals surface area (Å²) in [6.07, 6.45) is 6.28. The van der Waals surface area contributed by atoms with E-state index in [4.69, 9.17) is 10.7 Å². The summed E-state index contributed by atoms with van der Waals surface area (Å²) in [6.45, 7) is 6.82. The van der Waals surface area contributed by atoms with E-state index >= 15 is 0 Å². The van der Waals surface area contributed by atoms with Gasteiger partial charge < -0.3 is 5.73 Å². The molecular weight excluding hydrogens is 234 g/mol. The lowest BCUT2D eigenvalue weighted by Gasteiger charge is -2.44. The van der Waals surface area contributed by atoms with Gasteiger partial charge in [-0.15, -0.1) is 0 Å². The first-order chi connectivity index (χ1) is 9.19. The maximum atomic E-state index is 6.03. The highest BCUT2D eigenvalue weighted by atomic mass is 15.2. The van der Waals surface area contributed by atoms with Crippen LogP contribution < -0.4 is 5.73 Å². The summed E-state index contributed by atoms with van der Waals surface area (Å²) in [5.74, 6) is 0.809. The minimum absolute atomic E-state index is 0.727. The Kier molecular flexibility index (Phi) is 3.48. The molecule has 0 aromatic carbocycles. The minimum atomic E-state index is 0.727. The van der Waals surface area contributed by atoms with Crippen molar-refractivity contribution in [2.24, 2.45) is 5.92 Å². The molecule has 0 saturated carbocycles. The topological polar surface area (TPSA) is 42.2 Å². The molecule has 1 aromatic rings. The highest BCUT2D eigenvalue weighted by Crippen LogP contribution is 2.35. The van der Waals surface area contributed by atoms with Crippen LogP contribution in [0.3, 0.4) is 0 Å². The third-order valence-corrected chi connectivity index (χ3v) is 4.85. The third kappa shape index (κ3) is 2.36. The summed E-state index contributed by atoms with van der Waals surface area (Å²) in [7, 11) is 0. The Morgan fingerprint density at radius 3 is 3.05 bits per heavy atom. The van der Waals surface area contributed by atoms with Crippen molar-refractivity contribution in [3.8, 4) is 0 Å². The first kappa shape index (κ1) is 12.9. The van der Waals surface area contributed by atoms with E-state index in [0.717, 1.165) is 36.2 Å². The molecule has 0 unspecified atom stereocenters. The monoisotopic (exact) mass is 259 g/mol. The summed E-state index contributed by atoms with van der Waals surface area (Å²) >= 11 is 0. The molecule has 1 aliphatic carbocycles. The lowest BCUT2D eigenvalue weighted by Crippen LogP contribution is -2.49. The molecule has 0 bridgehead atoms. The molecule has 2 atom stereocenters. The van der Waals surface area contributed by atoms with Crippen LogP contribution in [0, 0.1) is 12.8 Å². The van der Waals surface area contributed by atoms with Crippen LogP contribution in [-0.2, 0) is 12.8 Å². The number of hydrogen-bond donors (Lipinski definition) is 1. The predicted octanol–water partition coefficient (Wildman–Crippen LogP) is 2.56. The molecule has 0 amide bonds. The number of likely N-dealkylation sites (tertiary alicyclic amines) is 1. The van der Waals surface area contributed by atoms with Gasteiger partial charge in [-0.3, -0.25) is 9.88 Å². The van der Waals surface area contributed by atoms with E-state index in [1.54, 1.807) is 0 Å². The normalized spacial score (nSPS) is 26.8. The van der Waals surface area contributed by atoms with Gasteiger partial charge in [0.15, 0.2) is 0 Å². The summed E-state index contributed by atoms with van der Waals surface area (Å²) in [6, 6.07) is 2.90. The molecule has 3 nitrogen and oxygen atoms in total. The zero-order chi connectivity index (χ0) is 13.4. The van der Waals surface area contributed by atoms with E-state index < -0.39 is 0 Å². The van der Waals surface area contributed by atoms with Crippen molar-refractivity contribution >= 4 is 5.69 Å². The van der Waals surface area contributed by atoms with Gasteiger partial charge in [0.05, 0.1) is 11.4 Å². The van der Waals surface area contributed by atoms with Crippen molar-refractivity contribution in [2.45, 2.75) is 52.0 Å². The molecule has 2 aliphatic rings. The van der Waals surface area contributed by atoms with Crippen molar-refractivity contribution in [1.82, 2.24) is 9.88 Å². The van der Waals surface area contributed by atoms with Crippen LogP contribution >= 0.6 is 0 Å². The largest absolute Gasteiger partial charge is 0.397 e. The second kappa shape index (κ2) is 5.12. The molecule has 2 N–H and O–H groups in total. The van der Waals surface area contributed by atoms with Crippen molar-refractivity contribution in [3.63, 3.8) is 0 Å². The number of piperidine rings is 1. The smallest absolute Gasteiger partial charge is 0.0605 e. The van der Waals surface area contributed by atoms with Crippen molar-refractivity contribution < 1.29 is 0 Å². The van der Waals surface area contributed by atoms with Gasteiger partial charge >= 0.3 is 0 Å². The Morgan fingerprint density at radius 2 is 2.26 bits per heavy atom. The van der Waals surface area contributed by atoms with Crippen LogP contribution in [0.2, 0.25) is 0 Å². The van der Waals surface area contributed by atoms with Gasteiger partial charge in [-0.2, -0.15) is 0 Å². The second-order valence-electron chi connectivity index (χ2n) is 6.18. The van der Waals surface area contributed by atoms with Crippen LogP contribution in [0.15, 0.2) is 6.07 Å². The van der Waals surface area contributed by atoms with E-state index in [-0.39, 0.29) is 0 Å². The summed E-state index contributed by atoms with van der Waals surface area (Å²) < 4.78 is 0. The van der Waals surface area contributed by atoms with E-state index in [1.165, 1.54) is 43.6 Å². The molecule has 3 heteroatoms. The minimum Gasteiger partial charge on any atom is -0.397 e. The summed E-state index contributed by atoms with van der Waals surface area (Å²) in [5, 5.41) is 0. The van der Waals surface area contributed by atoms with Gasteiger partial charge in [-0.1, -0.05) is 6.92 Å². The molecule has 2 heterocycles. The molecule has 1 fully saturated rings. The average Bonchev–Trinajstić information content (AvgIpc) is 2.39. The Balaban J connectivity index is 1.88. The molecule has 1 aliphatic heterocycles. The van der Waals surface area contributed by atoms with Crippen LogP contribution in [-0.4, -0.2) is 29.0 Å². The van der Waals surface area contributed by atoms with Gasteiger partial charge in [-0.25, -0.2) is 0 Å². The number of aryl methyl sites for hydroxylation is 1. The maximum absolute atomic E-state index is 6.03.